The average molecular weight is 463 g/mol. The van der Waals surface area contributed by atoms with Gasteiger partial charge in [0.05, 0.1) is 12.0 Å². The molecule has 2 aromatic heterocycles. The van der Waals surface area contributed by atoms with Crippen molar-refractivity contribution in [2.45, 2.75) is 48.7 Å². The van der Waals surface area contributed by atoms with Crippen molar-refractivity contribution in [1.29, 1.82) is 5.26 Å². The number of nitrogens with zero attached hydrogens (tertiary/aromatic N) is 3. The Morgan fingerprint density at radius 1 is 1.12 bits per heavy atom. The minimum atomic E-state index is -0.0798. The number of aromatic nitrogens is 1. The van der Waals surface area contributed by atoms with Gasteiger partial charge in [-0.25, -0.2) is 0 Å². The predicted molar refractivity (Wildman–Crippen MR) is 127 cm³/mol. The molecule has 0 bridgehead atoms. The van der Waals surface area contributed by atoms with Crippen molar-refractivity contribution in [1.82, 2.24) is 4.98 Å². The van der Waals surface area contributed by atoms with Gasteiger partial charge in [-0.15, -0.1) is 11.8 Å². The van der Waals surface area contributed by atoms with Crippen LogP contribution < -0.4 is 10.2 Å². The van der Waals surface area contributed by atoms with E-state index in [-0.39, 0.29) is 17.5 Å². The van der Waals surface area contributed by atoms with E-state index in [1.165, 1.54) is 25.7 Å². The first kappa shape index (κ1) is 21.7. The Morgan fingerprint density at radius 2 is 1.91 bits per heavy atom. The number of hydrogen-bond acceptors (Lipinski definition) is 7. The van der Waals surface area contributed by atoms with Crippen molar-refractivity contribution in [3.05, 3.63) is 48.4 Å². The average Bonchev–Trinajstić information content (AvgIpc) is 3.62. The van der Waals surface area contributed by atoms with Crippen molar-refractivity contribution in [2.24, 2.45) is 5.92 Å². The molecule has 0 atom stereocenters. The molecule has 7 nitrogen and oxygen atoms in total. The van der Waals surface area contributed by atoms with Gasteiger partial charge in [0.15, 0.2) is 5.76 Å². The fraction of sp³-hybridized carbons (Fsp3) is 0.400. The molecule has 1 saturated carbocycles. The number of piperidine rings is 1. The topological polar surface area (TPSA) is 95.3 Å². The van der Waals surface area contributed by atoms with E-state index in [1.807, 2.05) is 34.9 Å². The third-order valence-corrected chi connectivity index (χ3v) is 7.76. The number of furan rings is 1. The zero-order valence-electron chi connectivity index (χ0n) is 18.3. The monoisotopic (exact) mass is 462 g/mol. The van der Waals surface area contributed by atoms with Crippen molar-refractivity contribution < 1.29 is 13.6 Å². The van der Waals surface area contributed by atoms with Crippen LogP contribution in [0.4, 0.5) is 11.6 Å². The number of carbonyl (C=O) groups is 1. The van der Waals surface area contributed by atoms with Crippen LogP contribution in [0.1, 0.15) is 44.2 Å². The number of rotatable bonds is 6. The summed E-state index contributed by atoms with van der Waals surface area (Å²) in [6.07, 6.45) is 8.01. The van der Waals surface area contributed by atoms with Crippen LogP contribution in [-0.2, 0) is 4.79 Å². The van der Waals surface area contributed by atoms with E-state index in [9.17, 15) is 10.1 Å². The Labute approximate surface area is 197 Å². The number of nitrogens with one attached hydrogen (secondary N) is 1. The van der Waals surface area contributed by atoms with Crippen LogP contribution in [-0.4, -0.2) is 29.2 Å². The third kappa shape index (κ3) is 4.79. The van der Waals surface area contributed by atoms with Gasteiger partial charge in [-0.05, 0) is 49.9 Å². The second-order valence-electron chi connectivity index (χ2n) is 8.53. The fourth-order valence-electron chi connectivity index (χ4n) is 4.54. The number of oxazole rings is 1. The SMILES string of the molecule is N#Cc1nc(-c2ccco2)oc1N1CCC(C(=O)Nc2ccccc2SC2CCCC2)CC1. The molecule has 1 aliphatic heterocycles. The maximum Gasteiger partial charge on any atom is 0.266 e. The molecule has 0 spiro atoms. The van der Waals surface area contributed by atoms with Crippen LogP contribution in [0.2, 0.25) is 0 Å². The van der Waals surface area contributed by atoms with E-state index >= 15 is 0 Å². The van der Waals surface area contributed by atoms with Crippen molar-refractivity contribution >= 4 is 29.2 Å². The fourth-order valence-corrected chi connectivity index (χ4v) is 5.87. The van der Waals surface area contributed by atoms with Gasteiger partial charge >= 0.3 is 0 Å². The Kier molecular flexibility index (Phi) is 6.40. The number of para-hydroxylation sites is 1. The number of amides is 1. The first-order chi connectivity index (χ1) is 16.2. The molecule has 1 N–H and O–H groups in total. The Hall–Kier alpha value is -3.18. The summed E-state index contributed by atoms with van der Waals surface area (Å²) in [5.74, 6) is 1.21. The summed E-state index contributed by atoms with van der Waals surface area (Å²) in [4.78, 5) is 20.5. The molecule has 1 aliphatic carbocycles. The summed E-state index contributed by atoms with van der Waals surface area (Å²) in [6.45, 7) is 1.25. The lowest BCUT2D eigenvalue weighted by Gasteiger charge is -2.31. The highest BCUT2D eigenvalue weighted by atomic mass is 32.2. The van der Waals surface area contributed by atoms with E-state index in [1.54, 1.807) is 18.4 Å². The number of hydrogen-bond donors (Lipinski definition) is 1. The number of anilines is 2. The molecular formula is C25H26N4O3S. The first-order valence-electron chi connectivity index (χ1n) is 11.5. The zero-order valence-corrected chi connectivity index (χ0v) is 19.1. The Balaban J connectivity index is 1.22. The van der Waals surface area contributed by atoms with Crippen LogP contribution in [0.25, 0.3) is 11.7 Å². The molecule has 0 radical (unpaired) electrons. The predicted octanol–water partition coefficient (Wildman–Crippen LogP) is 5.70. The molecule has 3 aromatic rings. The molecule has 2 fully saturated rings. The number of carbonyl (C=O) groups excluding carboxylic acids is 1. The normalized spacial score (nSPS) is 17.2. The quantitative estimate of drug-likeness (QED) is 0.502. The van der Waals surface area contributed by atoms with Crippen molar-refractivity contribution in [3.8, 4) is 17.7 Å². The second kappa shape index (κ2) is 9.75. The smallest absolute Gasteiger partial charge is 0.266 e. The highest BCUT2D eigenvalue weighted by molar-refractivity contribution is 8.00. The molecule has 5 rings (SSSR count). The summed E-state index contributed by atoms with van der Waals surface area (Å²) >= 11 is 1.89. The van der Waals surface area contributed by atoms with Gasteiger partial charge in [0.2, 0.25) is 17.5 Å². The van der Waals surface area contributed by atoms with E-state index in [0.717, 1.165) is 10.6 Å². The largest absolute Gasteiger partial charge is 0.459 e. The summed E-state index contributed by atoms with van der Waals surface area (Å²) in [7, 11) is 0. The summed E-state index contributed by atoms with van der Waals surface area (Å²) in [5.41, 5.74) is 1.15. The van der Waals surface area contributed by atoms with Gasteiger partial charge in [0, 0.05) is 29.2 Å². The maximum absolute atomic E-state index is 13.0. The van der Waals surface area contributed by atoms with Gasteiger partial charge < -0.3 is 19.1 Å². The van der Waals surface area contributed by atoms with E-state index in [0.29, 0.717) is 48.7 Å². The molecule has 0 unspecified atom stereocenters. The minimum Gasteiger partial charge on any atom is -0.459 e. The van der Waals surface area contributed by atoms with Crippen molar-refractivity contribution in [3.63, 3.8) is 0 Å². The van der Waals surface area contributed by atoms with Crippen LogP contribution in [0.15, 0.2) is 56.4 Å². The highest BCUT2D eigenvalue weighted by Crippen LogP contribution is 2.38. The minimum absolute atomic E-state index is 0.0588. The number of thioether (sulfide) groups is 1. The number of benzene rings is 1. The molecule has 1 amide bonds. The van der Waals surface area contributed by atoms with E-state index in [4.69, 9.17) is 8.83 Å². The number of nitriles is 1. The first-order valence-corrected chi connectivity index (χ1v) is 12.4. The molecule has 2 aliphatic rings. The van der Waals surface area contributed by atoms with Gasteiger partial charge in [-0.3, -0.25) is 4.79 Å². The van der Waals surface area contributed by atoms with Crippen LogP contribution >= 0.6 is 11.8 Å². The Morgan fingerprint density at radius 3 is 2.64 bits per heavy atom. The zero-order chi connectivity index (χ0) is 22.6. The lowest BCUT2D eigenvalue weighted by molar-refractivity contribution is -0.120. The Bertz CT molecular complexity index is 1140. The van der Waals surface area contributed by atoms with Crippen LogP contribution in [0.5, 0.6) is 0 Å². The summed E-state index contributed by atoms with van der Waals surface area (Å²) in [6, 6.07) is 13.7. The molecule has 1 saturated heterocycles. The third-order valence-electron chi connectivity index (χ3n) is 6.34. The molecule has 170 valence electrons. The lowest BCUT2D eigenvalue weighted by Crippen LogP contribution is -2.38. The van der Waals surface area contributed by atoms with Gasteiger partial charge in [0.1, 0.15) is 6.07 Å². The molecule has 1 aromatic carbocycles. The van der Waals surface area contributed by atoms with E-state index in [2.05, 4.69) is 22.4 Å². The molecular weight excluding hydrogens is 436 g/mol. The maximum atomic E-state index is 13.0. The van der Waals surface area contributed by atoms with Gasteiger partial charge in [0.25, 0.3) is 5.89 Å². The molecule has 3 heterocycles. The second-order valence-corrected chi connectivity index (χ2v) is 9.88. The molecule has 8 heteroatoms. The summed E-state index contributed by atoms with van der Waals surface area (Å²) < 4.78 is 11.2. The van der Waals surface area contributed by atoms with Crippen LogP contribution in [0.3, 0.4) is 0 Å². The van der Waals surface area contributed by atoms with Gasteiger partial charge in [-0.1, -0.05) is 25.0 Å². The van der Waals surface area contributed by atoms with Crippen molar-refractivity contribution in [2.75, 3.05) is 23.3 Å². The highest BCUT2D eigenvalue weighted by Gasteiger charge is 2.30. The van der Waals surface area contributed by atoms with Crippen LogP contribution in [0, 0.1) is 17.2 Å². The molecule has 33 heavy (non-hydrogen) atoms. The van der Waals surface area contributed by atoms with E-state index < -0.39 is 0 Å². The lowest BCUT2D eigenvalue weighted by atomic mass is 9.96. The summed E-state index contributed by atoms with van der Waals surface area (Å²) in [5, 5.41) is 13.3. The van der Waals surface area contributed by atoms with Gasteiger partial charge in [-0.2, -0.15) is 10.2 Å². The standard InChI is InChI=1S/C25H26N4O3S/c26-16-20-25(32-24(28-20)21-9-5-15-31-21)29-13-11-17(12-14-29)23(30)27-19-8-3-4-10-22(19)33-18-6-1-2-7-18/h3-5,8-10,15,17-18H,1-2,6-7,11-14H2,(H,27,30).